The average molecular weight is 229 g/mol. The normalized spacial score (nSPS) is 12.9. The van der Waals surface area contributed by atoms with Crippen LogP contribution in [0.4, 0.5) is 0 Å². The van der Waals surface area contributed by atoms with E-state index in [0.717, 1.165) is 5.56 Å². The van der Waals surface area contributed by atoms with Crippen LogP contribution in [0.2, 0.25) is 5.02 Å². The van der Waals surface area contributed by atoms with Gasteiger partial charge in [0.05, 0.1) is 18.3 Å². The van der Waals surface area contributed by atoms with Crippen LogP contribution >= 0.6 is 11.6 Å². The molecule has 0 amide bonds. The van der Waals surface area contributed by atoms with Gasteiger partial charge in [-0.15, -0.1) is 0 Å². The Morgan fingerprint density at radius 2 is 2.07 bits per heavy atom. The molecule has 0 radical (unpaired) electrons. The van der Waals surface area contributed by atoms with E-state index in [1.54, 1.807) is 7.11 Å². The topological polar surface area (TPSA) is 24.5 Å². The van der Waals surface area contributed by atoms with Crippen molar-refractivity contribution in [2.45, 2.75) is 6.17 Å². The van der Waals surface area contributed by atoms with Crippen LogP contribution in [0.3, 0.4) is 0 Å². The van der Waals surface area contributed by atoms with Gasteiger partial charge in [0.15, 0.2) is 0 Å². The smallest absolute Gasteiger partial charge is 0.137 e. The van der Waals surface area contributed by atoms with Crippen LogP contribution in [-0.2, 0) is 0 Å². The minimum Gasteiger partial charge on any atom is -0.495 e. The standard InChI is InChI=1S/C11H17ClN2O/c1-13-11(14(2)3)8-5-6-10(15-4)9(12)7-8/h5-7,11,13H,1-4H3. The summed E-state index contributed by atoms with van der Waals surface area (Å²) in [5.41, 5.74) is 1.12. The van der Waals surface area contributed by atoms with Crippen LogP contribution in [0.15, 0.2) is 18.2 Å². The van der Waals surface area contributed by atoms with Gasteiger partial charge in [0, 0.05) is 0 Å². The van der Waals surface area contributed by atoms with E-state index in [4.69, 9.17) is 16.3 Å². The molecule has 3 nitrogen and oxygen atoms in total. The highest BCUT2D eigenvalue weighted by atomic mass is 35.5. The van der Waals surface area contributed by atoms with Crippen molar-refractivity contribution < 1.29 is 4.74 Å². The molecule has 0 spiro atoms. The van der Waals surface area contributed by atoms with Crippen molar-refractivity contribution in [2.24, 2.45) is 0 Å². The molecule has 0 saturated carbocycles. The average Bonchev–Trinajstić information content (AvgIpc) is 2.18. The van der Waals surface area contributed by atoms with Gasteiger partial charge in [-0.05, 0) is 38.8 Å². The molecule has 0 aliphatic heterocycles. The maximum atomic E-state index is 6.06. The van der Waals surface area contributed by atoms with Crippen LogP contribution < -0.4 is 10.1 Å². The molecule has 0 bridgehead atoms. The second-order valence-corrected chi connectivity index (χ2v) is 3.96. The molecule has 84 valence electrons. The maximum absolute atomic E-state index is 6.06. The highest BCUT2D eigenvalue weighted by molar-refractivity contribution is 6.32. The maximum Gasteiger partial charge on any atom is 0.137 e. The fourth-order valence-electron chi connectivity index (χ4n) is 1.58. The van der Waals surface area contributed by atoms with E-state index in [1.165, 1.54) is 0 Å². The Labute approximate surface area is 96.0 Å². The van der Waals surface area contributed by atoms with Crippen molar-refractivity contribution >= 4 is 11.6 Å². The number of halogens is 1. The van der Waals surface area contributed by atoms with Crippen LogP contribution in [0, 0.1) is 0 Å². The van der Waals surface area contributed by atoms with Crippen LogP contribution in [0.25, 0.3) is 0 Å². The number of nitrogens with one attached hydrogen (secondary N) is 1. The Bertz CT molecular complexity index is 328. The Morgan fingerprint density at radius 1 is 1.40 bits per heavy atom. The lowest BCUT2D eigenvalue weighted by molar-refractivity contribution is 0.264. The molecule has 1 unspecified atom stereocenters. The summed E-state index contributed by atoms with van der Waals surface area (Å²) in [6.45, 7) is 0. The van der Waals surface area contributed by atoms with Gasteiger partial charge in [0.1, 0.15) is 5.75 Å². The van der Waals surface area contributed by atoms with Gasteiger partial charge in [-0.3, -0.25) is 4.90 Å². The third kappa shape index (κ3) is 2.84. The van der Waals surface area contributed by atoms with E-state index in [-0.39, 0.29) is 6.17 Å². The number of hydrogen-bond acceptors (Lipinski definition) is 3. The molecule has 4 heteroatoms. The number of benzene rings is 1. The van der Waals surface area contributed by atoms with E-state index >= 15 is 0 Å². The third-order valence-electron chi connectivity index (χ3n) is 2.28. The third-order valence-corrected chi connectivity index (χ3v) is 2.58. The number of methoxy groups -OCH3 is 1. The van der Waals surface area contributed by atoms with Crippen LogP contribution in [-0.4, -0.2) is 33.2 Å². The van der Waals surface area contributed by atoms with Gasteiger partial charge >= 0.3 is 0 Å². The number of rotatable bonds is 4. The molecule has 0 fully saturated rings. The SMILES string of the molecule is CNC(c1ccc(OC)c(Cl)c1)N(C)C. The van der Waals surface area contributed by atoms with Crippen molar-refractivity contribution in [3.8, 4) is 5.75 Å². The first-order chi connectivity index (χ1) is 7.10. The largest absolute Gasteiger partial charge is 0.495 e. The Balaban J connectivity index is 3.00. The van der Waals surface area contributed by atoms with Crippen LogP contribution in [0.5, 0.6) is 5.75 Å². The summed E-state index contributed by atoms with van der Waals surface area (Å²) in [6, 6.07) is 5.80. The first-order valence-electron chi connectivity index (χ1n) is 4.77. The Hall–Kier alpha value is -0.770. The van der Waals surface area contributed by atoms with Crippen molar-refractivity contribution in [1.29, 1.82) is 0 Å². The molecule has 0 aromatic heterocycles. The van der Waals surface area contributed by atoms with Gasteiger partial charge in [-0.25, -0.2) is 0 Å². The summed E-state index contributed by atoms with van der Waals surface area (Å²) in [6.07, 6.45) is 0.161. The summed E-state index contributed by atoms with van der Waals surface area (Å²) in [5.74, 6) is 0.703. The Morgan fingerprint density at radius 3 is 2.47 bits per heavy atom. The van der Waals surface area contributed by atoms with Gasteiger partial charge in [-0.2, -0.15) is 0 Å². The summed E-state index contributed by atoms with van der Waals surface area (Å²) >= 11 is 6.06. The van der Waals surface area contributed by atoms with E-state index in [2.05, 4.69) is 10.2 Å². The number of nitrogens with zero attached hydrogens (tertiary/aromatic N) is 1. The minimum absolute atomic E-state index is 0.161. The lowest BCUT2D eigenvalue weighted by atomic mass is 10.1. The first kappa shape index (κ1) is 12.3. The predicted octanol–water partition coefficient (Wildman–Crippen LogP) is 2.13. The molecule has 0 aliphatic carbocycles. The summed E-state index contributed by atoms with van der Waals surface area (Å²) in [5, 5.41) is 3.85. The first-order valence-corrected chi connectivity index (χ1v) is 5.15. The molecule has 1 aromatic carbocycles. The molecule has 1 rings (SSSR count). The lowest BCUT2D eigenvalue weighted by Crippen LogP contribution is -2.30. The predicted molar refractivity (Wildman–Crippen MR) is 63.5 cm³/mol. The molecular formula is C11H17ClN2O. The van der Waals surface area contributed by atoms with Gasteiger partial charge in [0.2, 0.25) is 0 Å². The quantitative estimate of drug-likeness (QED) is 0.800. The summed E-state index contributed by atoms with van der Waals surface area (Å²) in [4.78, 5) is 2.08. The number of hydrogen-bond donors (Lipinski definition) is 1. The van der Waals surface area contributed by atoms with Crippen LogP contribution in [0.1, 0.15) is 11.7 Å². The van der Waals surface area contributed by atoms with Gasteiger partial charge in [0.25, 0.3) is 0 Å². The zero-order chi connectivity index (χ0) is 11.4. The van der Waals surface area contributed by atoms with Gasteiger partial charge in [-0.1, -0.05) is 17.7 Å². The van der Waals surface area contributed by atoms with Crippen molar-refractivity contribution in [1.82, 2.24) is 10.2 Å². The van der Waals surface area contributed by atoms with Crippen molar-refractivity contribution in [3.05, 3.63) is 28.8 Å². The molecular weight excluding hydrogens is 212 g/mol. The van der Waals surface area contributed by atoms with Crippen molar-refractivity contribution in [2.75, 3.05) is 28.3 Å². The number of ether oxygens (including phenoxy) is 1. The molecule has 0 heterocycles. The molecule has 1 atom stereocenters. The highest BCUT2D eigenvalue weighted by Gasteiger charge is 2.12. The zero-order valence-electron chi connectivity index (χ0n) is 9.54. The fraction of sp³-hybridized carbons (Fsp3) is 0.455. The Kier molecular flexibility index (Phi) is 4.39. The zero-order valence-corrected chi connectivity index (χ0v) is 10.3. The monoisotopic (exact) mass is 228 g/mol. The fourth-order valence-corrected chi connectivity index (χ4v) is 1.84. The van der Waals surface area contributed by atoms with E-state index < -0.39 is 0 Å². The lowest BCUT2D eigenvalue weighted by Gasteiger charge is -2.24. The van der Waals surface area contributed by atoms with Gasteiger partial charge < -0.3 is 10.1 Å². The van der Waals surface area contributed by atoms with E-state index in [9.17, 15) is 0 Å². The molecule has 15 heavy (non-hydrogen) atoms. The second kappa shape index (κ2) is 5.35. The summed E-state index contributed by atoms with van der Waals surface area (Å²) in [7, 11) is 7.56. The summed E-state index contributed by atoms with van der Waals surface area (Å²) < 4.78 is 5.11. The van der Waals surface area contributed by atoms with Crippen molar-refractivity contribution in [3.63, 3.8) is 0 Å². The second-order valence-electron chi connectivity index (χ2n) is 3.55. The van der Waals surface area contributed by atoms with E-state index in [0.29, 0.717) is 10.8 Å². The molecule has 1 N–H and O–H groups in total. The minimum atomic E-state index is 0.161. The highest BCUT2D eigenvalue weighted by Crippen LogP contribution is 2.27. The molecule has 1 aromatic rings. The molecule has 0 aliphatic rings. The van der Waals surface area contributed by atoms with E-state index in [1.807, 2.05) is 39.3 Å². The molecule has 0 saturated heterocycles.